The van der Waals surface area contributed by atoms with E-state index in [1.54, 1.807) is 24.8 Å². The summed E-state index contributed by atoms with van der Waals surface area (Å²) in [5.74, 6) is -1.22. The SMILES string of the molecule is CC1(C)C(=O)NC(=O)CN1Cc1c(N)cccc1F. The Labute approximate surface area is 110 Å². The van der Waals surface area contributed by atoms with Gasteiger partial charge in [0.05, 0.1) is 12.1 Å². The van der Waals surface area contributed by atoms with Crippen molar-refractivity contribution in [1.82, 2.24) is 10.2 Å². The van der Waals surface area contributed by atoms with Crippen molar-refractivity contribution in [2.75, 3.05) is 12.3 Å². The molecule has 2 rings (SSSR count). The van der Waals surface area contributed by atoms with E-state index in [0.717, 1.165) is 0 Å². The van der Waals surface area contributed by atoms with Crippen molar-refractivity contribution >= 4 is 17.5 Å². The second kappa shape index (κ2) is 4.62. The molecule has 0 spiro atoms. The van der Waals surface area contributed by atoms with E-state index in [0.29, 0.717) is 11.3 Å². The fraction of sp³-hybridized carbons (Fsp3) is 0.385. The molecular formula is C13H16FN3O2. The number of nitrogens with zero attached hydrogens (tertiary/aromatic N) is 1. The Balaban J connectivity index is 2.31. The van der Waals surface area contributed by atoms with Gasteiger partial charge in [0.15, 0.2) is 0 Å². The van der Waals surface area contributed by atoms with E-state index < -0.39 is 17.3 Å². The van der Waals surface area contributed by atoms with Crippen molar-refractivity contribution < 1.29 is 14.0 Å². The van der Waals surface area contributed by atoms with Crippen LogP contribution in [0.1, 0.15) is 19.4 Å². The van der Waals surface area contributed by atoms with Crippen LogP contribution in [-0.2, 0) is 16.1 Å². The summed E-state index contributed by atoms with van der Waals surface area (Å²) in [5, 5.41) is 2.27. The summed E-state index contributed by atoms with van der Waals surface area (Å²) in [6, 6.07) is 4.43. The van der Waals surface area contributed by atoms with Gasteiger partial charge in [-0.1, -0.05) is 6.07 Å². The average molecular weight is 265 g/mol. The van der Waals surface area contributed by atoms with Crippen LogP contribution in [-0.4, -0.2) is 28.8 Å². The number of benzene rings is 1. The first-order chi connectivity index (χ1) is 8.82. The van der Waals surface area contributed by atoms with Crippen LogP contribution in [0.15, 0.2) is 18.2 Å². The molecule has 3 N–H and O–H groups in total. The lowest BCUT2D eigenvalue weighted by molar-refractivity contribution is -0.145. The lowest BCUT2D eigenvalue weighted by atomic mass is 9.97. The molecule has 1 aromatic rings. The highest BCUT2D eigenvalue weighted by Crippen LogP contribution is 2.24. The molecule has 1 aliphatic rings. The molecule has 1 saturated heterocycles. The number of carbonyl (C=O) groups is 2. The Morgan fingerprint density at radius 1 is 1.42 bits per heavy atom. The van der Waals surface area contributed by atoms with Gasteiger partial charge in [0.25, 0.3) is 0 Å². The first-order valence-electron chi connectivity index (χ1n) is 5.94. The molecule has 0 saturated carbocycles. The quantitative estimate of drug-likeness (QED) is 0.608. The van der Waals surface area contributed by atoms with E-state index in [2.05, 4.69) is 5.32 Å². The van der Waals surface area contributed by atoms with Gasteiger partial charge in [-0.05, 0) is 26.0 Å². The minimum Gasteiger partial charge on any atom is -0.398 e. The van der Waals surface area contributed by atoms with Crippen LogP contribution in [0.4, 0.5) is 10.1 Å². The number of carbonyl (C=O) groups excluding carboxylic acids is 2. The molecule has 0 radical (unpaired) electrons. The summed E-state index contributed by atoms with van der Waals surface area (Å²) in [7, 11) is 0. The third kappa shape index (κ3) is 2.44. The second-order valence-corrected chi connectivity index (χ2v) is 5.10. The predicted octanol–water partition coefficient (Wildman–Crippen LogP) is 0.645. The summed E-state index contributed by atoms with van der Waals surface area (Å²) in [4.78, 5) is 24.8. The molecule has 6 heteroatoms. The topological polar surface area (TPSA) is 75.4 Å². The normalized spacial score (nSPS) is 19.3. The predicted molar refractivity (Wildman–Crippen MR) is 68.5 cm³/mol. The van der Waals surface area contributed by atoms with Gasteiger partial charge in [-0.3, -0.25) is 19.8 Å². The van der Waals surface area contributed by atoms with Crippen molar-refractivity contribution in [2.24, 2.45) is 0 Å². The second-order valence-electron chi connectivity index (χ2n) is 5.10. The number of nitrogen functional groups attached to an aromatic ring is 1. The van der Waals surface area contributed by atoms with Crippen LogP contribution in [0.25, 0.3) is 0 Å². The van der Waals surface area contributed by atoms with Gasteiger partial charge >= 0.3 is 0 Å². The van der Waals surface area contributed by atoms with Gasteiger partial charge in [-0.2, -0.15) is 0 Å². The highest BCUT2D eigenvalue weighted by Gasteiger charge is 2.41. The average Bonchev–Trinajstić information content (AvgIpc) is 2.30. The molecule has 0 aromatic heterocycles. The van der Waals surface area contributed by atoms with Crippen molar-refractivity contribution in [3.63, 3.8) is 0 Å². The van der Waals surface area contributed by atoms with Crippen LogP contribution in [0.3, 0.4) is 0 Å². The molecule has 1 aromatic carbocycles. The van der Waals surface area contributed by atoms with Crippen LogP contribution >= 0.6 is 0 Å². The smallest absolute Gasteiger partial charge is 0.246 e. The van der Waals surface area contributed by atoms with Crippen molar-refractivity contribution in [3.05, 3.63) is 29.6 Å². The zero-order valence-corrected chi connectivity index (χ0v) is 10.9. The van der Waals surface area contributed by atoms with E-state index in [-0.39, 0.29) is 19.0 Å². The summed E-state index contributed by atoms with van der Waals surface area (Å²) in [6.45, 7) is 3.52. The summed E-state index contributed by atoms with van der Waals surface area (Å²) in [5.41, 5.74) is 5.48. The maximum absolute atomic E-state index is 13.8. The zero-order valence-electron chi connectivity index (χ0n) is 10.9. The Bertz CT molecular complexity index is 522. The number of halogens is 1. The van der Waals surface area contributed by atoms with Gasteiger partial charge in [0.2, 0.25) is 11.8 Å². The number of imide groups is 1. The first kappa shape index (κ1) is 13.5. The van der Waals surface area contributed by atoms with E-state index in [1.807, 2.05) is 0 Å². The molecule has 1 aliphatic heterocycles. The van der Waals surface area contributed by atoms with E-state index in [1.165, 1.54) is 12.1 Å². The maximum Gasteiger partial charge on any atom is 0.246 e. The molecule has 102 valence electrons. The third-order valence-corrected chi connectivity index (χ3v) is 3.44. The molecule has 0 aliphatic carbocycles. The molecule has 0 unspecified atom stereocenters. The lowest BCUT2D eigenvalue weighted by Crippen LogP contribution is -2.63. The molecule has 5 nitrogen and oxygen atoms in total. The molecular weight excluding hydrogens is 249 g/mol. The standard InChI is InChI=1S/C13H16FN3O2/c1-13(2)12(19)16-11(18)7-17(13)6-8-9(14)4-3-5-10(8)15/h3-5H,6-7,15H2,1-2H3,(H,16,18,19). The van der Waals surface area contributed by atoms with E-state index in [4.69, 9.17) is 5.73 Å². The van der Waals surface area contributed by atoms with Crippen molar-refractivity contribution in [1.29, 1.82) is 0 Å². The van der Waals surface area contributed by atoms with Crippen LogP contribution in [0.5, 0.6) is 0 Å². The third-order valence-electron chi connectivity index (χ3n) is 3.44. The molecule has 1 heterocycles. The molecule has 1 fully saturated rings. The number of hydrogen-bond acceptors (Lipinski definition) is 4. The zero-order chi connectivity index (χ0) is 14.2. The lowest BCUT2D eigenvalue weighted by Gasteiger charge is -2.40. The monoisotopic (exact) mass is 265 g/mol. The van der Waals surface area contributed by atoms with Crippen LogP contribution in [0.2, 0.25) is 0 Å². The Morgan fingerprint density at radius 2 is 2.11 bits per heavy atom. The highest BCUT2D eigenvalue weighted by atomic mass is 19.1. The minimum absolute atomic E-state index is 0.0342. The molecule has 19 heavy (non-hydrogen) atoms. The Kier molecular flexibility index (Phi) is 3.28. The van der Waals surface area contributed by atoms with Crippen molar-refractivity contribution in [2.45, 2.75) is 25.9 Å². The van der Waals surface area contributed by atoms with Gasteiger partial charge < -0.3 is 5.73 Å². The Morgan fingerprint density at radius 3 is 2.74 bits per heavy atom. The largest absolute Gasteiger partial charge is 0.398 e. The van der Waals surface area contributed by atoms with Crippen LogP contribution < -0.4 is 11.1 Å². The number of amides is 2. The maximum atomic E-state index is 13.8. The van der Waals surface area contributed by atoms with Gasteiger partial charge in [0.1, 0.15) is 5.82 Å². The minimum atomic E-state index is -0.886. The number of piperazine rings is 1. The summed E-state index contributed by atoms with van der Waals surface area (Å²) < 4.78 is 13.8. The summed E-state index contributed by atoms with van der Waals surface area (Å²) in [6.07, 6.45) is 0. The number of anilines is 1. The fourth-order valence-electron chi connectivity index (χ4n) is 2.02. The number of nitrogens with one attached hydrogen (secondary N) is 1. The number of hydrogen-bond donors (Lipinski definition) is 2. The first-order valence-corrected chi connectivity index (χ1v) is 5.94. The number of rotatable bonds is 2. The van der Waals surface area contributed by atoms with E-state index >= 15 is 0 Å². The number of nitrogens with two attached hydrogens (primary N) is 1. The molecule has 0 bridgehead atoms. The molecule has 2 amide bonds. The van der Waals surface area contributed by atoms with Gasteiger partial charge in [-0.15, -0.1) is 0 Å². The van der Waals surface area contributed by atoms with Crippen molar-refractivity contribution in [3.8, 4) is 0 Å². The van der Waals surface area contributed by atoms with Crippen LogP contribution in [0, 0.1) is 5.82 Å². The highest BCUT2D eigenvalue weighted by molar-refractivity contribution is 6.02. The summed E-state index contributed by atoms with van der Waals surface area (Å²) >= 11 is 0. The fourth-order valence-corrected chi connectivity index (χ4v) is 2.02. The van der Waals surface area contributed by atoms with Gasteiger partial charge in [0, 0.05) is 17.8 Å². The Hall–Kier alpha value is -1.95. The van der Waals surface area contributed by atoms with E-state index in [9.17, 15) is 14.0 Å². The molecule has 0 atom stereocenters. The van der Waals surface area contributed by atoms with Gasteiger partial charge in [-0.25, -0.2) is 4.39 Å².